The largest absolute Gasteiger partial charge is 0.326 e. The third-order valence-electron chi connectivity index (χ3n) is 2.95. The minimum absolute atomic E-state index is 0.506. The molecule has 0 spiro atoms. The lowest BCUT2D eigenvalue weighted by Crippen LogP contribution is -2.20. The van der Waals surface area contributed by atoms with E-state index >= 15 is 0 Å². The number of nitrogens with zero attached hydrogens (tertiary/aromatic N) is 2. The van der Waals surface area contributed by atoms with Crippen molar-refractivity contribution in [1.29, 1.82) is 0 Å². The summed E-state index contributed by atoms with van der Waals surface area (Å²) in [6, 6.07) is 14.3. The van der Waals surface area contributed by atoms with Crippen LogP contribution in [0.2, 0.25) is 0 Å². The third kappa shape index (κ3) is 2.51. The van der Waals surface area contributed by atoms with E-state index in [1.165, 1.54) is 0 Å². The van der Waals surface area contributed by atoms with Gasteiger partial charge in [0.2, 0.25) is 0 Å². The molecule has 2 aromatic rings. The second-order valence-electron chi connectivity index (χ2n) is 4.22. The lowest BCUT2D eigenvalue weighted by atomic mass is 10.2. The molecular formula is C15H19N3. The fourth-order valence-corrected chi connectivity index (χ4v) is 2.03. The number of aromatic nitrogens is 1. The van der Waals surface area contributed by atoms with Crippen LogP contribution in [0.1, 0.15) is 18.2 Å². The SMILES string of the molecule is CCN(c1ccccc1)c1nc(C)ccc1CN. The summed E-state index contributed by atoms with van der Waals surface area (Å²) in [5.41, 5.74) is 9.04. The van der Waals surface area contributed by atoms with Gasteiger partial charge in [-0.2, -0.15) is 0 Å². The molecule has 1 aromatic carbocycles. The van der Waals surface area contributed by atoms with E-state index in [0.717, 1.165) is 29.3 Å². The zero-order valence-electron chi connectivity index (χ0n) is 10.9. The average molecular weight is 241 g/mol. The minimum Gasteiger partial charge on any atom is -0.326 e. The minimum atomic E-state index is 0.506. The smallest absolute Gasteiger partial charge is 0.137 e. The van der Waals surface area contributed by atoms with Crippen LogP contribution in [0, 0.1) is 6.92 Å². The van der Waals surface area contributed by atoms with E-state index < -0.39 is 0 Å². The number of nitrogens with two attached hydrogens (primary N) is 1. The molecule has 0 bridgehead atoms. The summed E-state index contributed by atoms with van der Waals surface area (Å²) in [6.45, 7) is 5.50. The Morgan fingerprint density at radius 2 is 1.83 bits per heavy atom. The Bertz CT molecular complexity index is 508. The van der Waals surface area contributed by atoms with Gasteiger partial charge in [-0.25, -0.2) is 4.98 Å². The molecule has 1 heterocycles. The maximum absolute atomic E-state index is 5.80. The van der Waals surface area contributed by atoms with Gasteiger partial charge < -0.3 is 10.6 Å². The summed E-state index contributed by atoms with van der Waals surface area (Å²) < 4.78 is 0. The molecule has 0 saturated heterocycles. The van der Waals surface area contributed by atoms with Crippen LogP contribution in [0.5, 0.6) is 0 Å². The van der Waals surface area contributed by atoms with E-state index in [-0.39, 0.29) is 0 Å². The lowest BCUT2D eigenvalue weighted by molar-refractivity contribution is 0.938. The number of hydrogen-bond donors (Lipinski definition) is 1. The molecule has 1 aromatic heterocycles. The highest BCUT2D eigenvalue weighted by molar-refractivity contribution is 5.62. The van der Waals surface area contributed by atoms with Crippen LogP contribution in [0.4, 0.5) is 11.5 Å². The molecule has 2 N–H and O–H groups in total. The maximum atomic E-state index is 5.80. The molecule has 94 valence electrons. The molecule has 18 heavy (non-hydrogen) atoms. The van der Waals surface area contributed by atoms with Gasteiger partial charge in [-0.05, 0) is 32.0 Å². The van der Waals surface area contributed by atoms with Gasteiger partial charge >= 0.3 is 0 Å². The topological polar surface area (TPSA) is 42.2 Å². The van der Waals surface area contributed by atoms with E-state index in [2.05, 4.69) is 35.0 Å². The van der Waals surface area contributed by atoms with Crippen LogP contribution in [0.25, 0.3) is 0 Å². The Morgan fingerprint density at radius 1 is 1.11 bits per heavy atom. The van der Waals surface area contributed by atoms with Crippen LogP contribution in [0.15, 0.2) is 42.5 Å². The van der Waals surface area contributed by atoms with Gasteiger partial charge in [0.15, 0.2) is 0 Å². The number of pyridine rings is 1. The summed E-state index contributed by atoms with van der Waals surface area (Å²) in [5, 5.41) is 0. The summed E-state index contributed by atoms with van der Waals surface area (Å²) in [6.07, 6.45) is 0. The van der Waals surface area contributed by atoms with E-state index in [9.17, 15) is 0 Å². The second kappa shape index (κ2) is 5.65. The zero-order chi connectivity index (χ0) is 13.0. The number of benzene rings is 1. The van der Waals surface area contributed by atoms with Gasteiger partial charge in [-0.15, -0.1) is 0 Å². The number of para-hydroxylation sites is 1. The molecule has 0 amide bonds. The Balaban J connectivity index is 2.48. The van der Waals surface area contributed by atoms with Crippen molar-refractivity contribution in [2.24, 2.45) is 5.73 Å². The molecule has 0 radical (unpaired) electrons. The summed E-state index contributed by atoms with van der Waals surface area (Å²) in [4.78, 5) is 6.83. The Hall–Kier alpha value is -1.87. The predicted molar refractivity (Wildman–Crippen MR) is 76.0 cm³/mol. The highest BCUT2D eigenvalue weighted by Gasteiger charge is 2.12. The predicted octanol–water partition coefficient (Wildman–Crippen LogP) is 3.01. The fourth-order valence-electron chi connectivity index (χ4n) is 2.03. The molecule has 0 aliphatic carbocycles. The summed E-state index contributed by atoms with van der Waals surface area (Å²) in [7, 11) is 0. The van der Waals surface area contributed by atoms with Gasteiger partial charge in [-0.1, -0.05) is 24.3 Å². The van der Waals surface area contributed by atoms with E-state index in [1.54, 1.807) is 0 Å². The molecule has 3 heteroatoms. The van der Waals surface area contributed by atoms with Gasteiger partial charge in [0.25, 0.3) is 0 Å². The van der Waals surface area contributed by atoms with Crippen LogP contribution >= 0.6 is 0 Å². The molecule has 0 aliphatic heterocycles. The number of anilines is 2. The Morgan fingerprint density at radius 3 is 2.44 bits per heavy atom. The van der Waals surface area contributed by atoms with Crippen molar-refractivity contribution in [2.45, 2.75) is 20.4 Å². The first kappa shape index (κ1) is 12.6. The normalized spacial score (nSPS) is 10.4. The molecule has 0 fully saturated rings. The maximum Gasteiger partial charge on any atom is 0.137 e. The number of hydrogen-bond acceptors (Lipinski definition) is 3. The first-order valence-corrected chi connectivity index (χ1v) is 6.25. The zero-order valence-corrected chi connectivity index (χ0v) is 10.9. The molecule has 0 saturated carbocycles. The molecule has 3 nitrogen and oxygen atoms in total. The first-order valence-electron chi connectivity index (χ1n) is 6.25. The van der Waals surface area contributed by atoms with Gasteiger partial charge in [0.1, 0.15) is 5.82 Å². The highest BCUT2D eigenvalue weighted by Crippen LogP contribution is 2.26. The molecule has 0 atom stereocenters. The van der Waals surface area contributed by atoms with Crippen LogP contribution in [0.3, 0.4) is 0 Å². The average Bonchev–Trinajstić information content (AvgIpc) is 2.41. The molecule has 0 aliphatic rings. The van der Waals surface area contributed by atoms with E-state index in [4.69, 9.17) is 5.73 Å². The first-order chi connectivity index (χ1) is 8.76. The standard InChI is InChI=1S/C15H19N3/c1-3-18(14-7-5-4-6-8-14)15-13(11-16)10-9-12(2)17-15/h4-10H,3,11,16H2,1-2H3. The summed E-state index contributed by atoms with van der Waals surface area (Å²) in [5.74, 6) is 0.964. The van der Waals surface area contributed by atoms with Crippen molar-refractivity contribution in [3.05, 3.63) is 53.7 Å². The van der Waals surface area contributed by atoms with Gasteiger partial charge in [0, 0.05) is 30.0 Å². The molecular weight excluding hydrogens is 222 g/mol. The van der Waals surface area contributed by atoms with Crippen molar-refractivity contribution in [3.63, 3.8) is 0 Å². The third-order valence-corrected chi connectivity index (χ3v) is 2.95. The Kier molecular flexibility index (Phi) is 3.95. The van der Waals surface area contributed by atoms with E-state index in [1.807, 2.05) is 31.2 Å². The number of rotatable bonds is 4. The molecule has 2 rings (SSSR count). The van der Waals surface area contributed by atoms with Crippen molar-refractivity contribution >= 4 is 11.5 Å². The van der Waals surface area contributed by atoms with Crippen LogP contribution in [-0.4, -0.2) is 11.5 Å². The molecule has 0 unspecified atom stereocenters. The van der Waals surface area contributed by atoms with E-state index in [0.29, 0.717) is 6.54 Å². The Labute approximate surface area is 108 Å². The van der Waals surface area contributed by atoms with Crippen molar-refractivity contribution in [2.75, 3.05) is 11.4 Å². The van der Waals surface area contributed by atoms with Gasteiger partial charge in [0.05, 0.1) is 0 Å². The quantitative estimate of drug-likeness (QED) is 0.894. The number of aryl methyl sites for hydroxylation is 1. The lowest BCUT2D eigenvalue weighted by Gasteiger charge is -2.24. The van der Waals surface area contributed by atoms with Crippen molar-refractivity contribution < 1.29 is 0 Å². The van der Waals surface area contributed by atoms with Crippen molar-refractivity contribution in [1.82, 2.24) is 4.98 Å². The summed E-state index contributed by atoms with van der Waals surface area (Å²) >= 11 is 0. The fraction of sp³-hybridized carbons (Fsp3) is 0.267. The second-order valence-corrected chi connectivity index (χ2v) is 4.22. The van der Waals surface area contributed by atoms with Crippen LogP contribution < -0.4 is 10.6 Å². The van der Waals surface area contributed by atoms with Gasteiger partial charge in [-0.3, -0.25) is 0 Å². The van der Waals surface area contributed by atoms with Crippen LogP contribution in [-0.2, 0) is 6.54 Å². The van der Waals surface area contributed by atoms with Crippen molar-refractivity contribution in [3.8, 4) is 0 Å². The monoisotopic (exact) mass is 241 g/mol. The highest BCUT2D eigenvalue weighted by atomic mass is 15.2.